The Labute approximate surface area is 235 Å². The van der Waals surface area contributed by atoms with Gasteiger partial charge in [-0.2, -0.15) is 0 Å². The van der Waals surface area contributed by atoms with Gasteiger partial charge in [0.05, 0.1) is 18.1 Å². The smallest absolute Gasteiger partial charge is 0.233 e. The van der Waals surface area contributed by atoms with Crippen molar-refractivity contribution in [3.8, 4) is 11.1 Å². The van der Waals surface area contributed by atoms with Gasteiger partial charge in [0, 0.05) is 18.2 Å². The van der Waals surface area contributed by atoms with Crippen LogP contribution in [0.15, 0.2) is 30.3 Å². The number of benzene rings is 1. The van der Waals surface area contributed by atoms with Gasteiger partial charge < -0.3 is 0 Å². The van der Waals surface area contributed by atoms with Gasteiger partial charge in [0.2, 0.25) is 10.0 Å². The van der Waals surface area contributed by atoms with E-state index in [4.69, 9.17) is 14.8 Å². The van der Waals surface area contributed by atoms with E-state index in [1.54, 1.807) is 12.1 Å². The maximum atomic E-state index is 13.8. The first kappa shape index (κ1) is 31.5. The van der Waals surface area contributed by atoms with Gasteiger partial charge >= 0.3 is 0 Å². The lowest BCUT2D eigenvalue weighted by Crippen LogP contribution is -2.48. The second-order valence-corrected chi connectivity index (χ2v) is 14.3. The summed E-state index contributed by atoms with van der Waals surface area (Å²) in [6, 6.07) is 8.05. The molecule has 1 saturated heterocycles. The van der Waals surface area contributed by atoms with Gasteiger partial charge in [-0.05, 0) is 54.4 Å². The van der Waals surface area contributed by atoms with Gasteiger partial charge in [-0.25, -0.2) is 27.6 Å². The molecule has 8 heteroatoms. The number of nitrogens with zero attached hydrogens (tertiary/aromatic N) is 2. The molecule has 1 aromatic carbocycles. The van der Waals surface area contributed by atoms with E-state index in [0.717, 1.165) is 43.2 Å². The number of rotatable bonds is 11. The number of sulfonamides is 1. The topological polar surface area (TPSA) is 68.7 Å². The molecule has 2 aromatic rings. The Morgan fingerprint density at radius 1 is 1.13 bits per heavy atom. The number of hydrogen-bond donors (Lipinski definition) is 0. The van der Waals surface area contributed by atoms with Crippen molar-refractivity contribution in [1.82, 2.24) is 4.98 Å². The van der Waals surface area contributed by atoms with Crippen LogP contribution in [-0.4, -0.2) is 32.8 Å². The fourth-order valence-corrected chi connectivity index (χ4v) is 5.83. The summed E-state index contributed by atoms with van der Waals surface area (Å²) in [5.74, 6) is -0.0601. The standard InChI is InChI=1S/C31H47FN2O4S/c1-9-10-11-12-13-14-25-19-20-31(38-37-25,30(4,5)6)27-21-26(23-15-17-24(32)18-16-23)29(33-28(27)22(2)3)34(7)39(8,35)36/h15-18,21-22,25H,9-14,19-20H2,1-8H3/t25?,31-/m0/s1. The predicted octanol–water partition coefficient (Wildman–Crippen LogP) is 8.12. The summed E-state index contributed by atoms with van der Waals surface area (Å²) in [4.78, 5) is 17.6. The summed E-state index contributed by atoms with van der Waals surface area (Å²) in [5, 5.41) is 0. The maximum Gasteiger partial charge on any atom is 0.233 e. The average molecular weight is 563 g/mol. The summed E-state index contributed by atoms with van der Waals surface area (Å²) in [6.07, 6.45) is 9.85. The molecule has 0 radical (unpaired) electrons. The Morgan fingerprint density at radius 3 is 2.28 bits per heavy atom. The quantitative estimate of drug-likeness (QED) is 0.204. The van der Waals surface area contributed by atoms with E-state index in [9.17, 15) is 12.8 Å². The third kappa shape index (κ3) is 7.19. The van der Waals surface area contributed by atoms with Crippen molar-refractivity contribution in [3.63, 3.8) is 0 Å². The molecule has 39 heavy (non-hydrogen) atoms. The zero-order valence-corrected chi connectivity index (χ0v) is 25.8. The lowest BCUT2D eigenvalue weighted by molar-refractivity contribution is -0.435. The largest absolute Gasteiger partial charge is 0.257 e. The molecular weight excluding hydrogens is 515 g/mol. The highest BCUT2D eigenvalue weighted by atomic mass is 32.2. The number of anilines is 1. The highest BCUT2D eigenvalue weighted by Gasteiger charge is 2.51. The average Bonchev–Trinajstić information content (AvgIpc) is 2.87. The van der Waals surface area contributed by atoms with Crippen LogP contribution in [0.3, 0.4) is 0 Å². The van der Waals surface area contributed by atoms with Crippen molar-refractivity contribution in [3.05, 3.63) is 47.4 Å². The van der Waals surface area contributed by atoms with E-state index < -0.39 is 15.6 Å². The van der Waals surface area contributed by atoms with Crippen molar-refractivity contribution < 1.29 is 22.6 Å². The first-order valence-electron chi connectivity index (χ1n) is 14.3. The van der Waals surface area contributed by atoms with Gasteiger partial charge in [0.15, 0.2) is 0 Å². The number of hydrogen-bond acceptors (Lipinski definition) is 5. The van der Waals surface area contributed by atoms with Gasteiger partial charge in [-0.1, -0.05) is 85.8 Å². The van der Waals surface area contributed by atoms with Gasteiger partial charge in [-0.3, -0.25) is 4.31 Å². The van der Waals surface area contributed by atoms with Crippen LogP contribution in [0.1, 0.15) is 110 Å². The molecule has 0 bridgehead atoms. The van der Waals surface area contributed by atoms with Crippen LogP contribution in [0.5, 0.6) is 0 Å². The minimum Gasteiger partial charge on any atom is -0.257 e. The summed E-state index contributed by atoms with van der Waals surface area (Å²) in [6.45, 7) is 12.7. The van der Waals surface area contributed by atoms with Crippen molar-refractivity contribution >= 4 is 15.8 Å². The Kier molecular flexibility index (Phi) is 10.2. The molecule has 1 fully saturated rings. The zero-order chi connectivity index (χ0) is 29.0. The van der Waals surface area contributed by atoms with Crippen LogP contribution < -0.4 is 4.31 Å². The molecule has 218 valence electrons. The van der Waals surface area contributed by atoms with E-state index in [1.807, 2.05) is 19.9 Å². The summed E-state index contributed by atoms with van der Waals surface area (Å²) >= 11 is 0. The fourth-order valence-electron chi connectivity index (χ4n) is 5.38. The first-order valence-corrected chi connectivity index (χ1v) is 16.2. The molecule has 1 unspecified atom stereocenters. The van der Waals surface area contributed by atoms with E-state index in [2.05, 4.69) is 27.7 Å². The van der Waals surface area contributed by atoms with Crippen molar-refractivity contribution in [2.75, 3.05) is 17.6 Å². The lowest BCUT2D eigenvalue weighted by atomic mass is 9.67. The molecule has 0 saturated carbocycles. The van der Waals surface area contributed by atoms with Crippen molar-refractivity contribution in [2.24, 2.45) is 5.41 Å². The first-order chi connectivity index (χ1) is 18.2. The summed E-state index contributed by atoms with van der Waals surface area (Å²) < 4.78 is 40.3. The van der Waals surface area contributed by atoms with Crippen molar-refractivity contribution in [2.45, 2.75) is 111 Å². The molecule has 0 N–H and O–H groups in total. The second-order valence-electron chi connectivity index (χ2n) is 12.3. The van der Waals surface area contributed by atoms with E-state index >= 15 is 0 Å². The Morgan fingerprint density at radius 2 is 1.77 bits per heavy atom. The Hall–Kier alpha value is -2.03. The van der Waals surface area contributed by atoms with Crippen LogP contribution in [0.4, 0.5) is 10.2 Å². The van der Waals surface area contributed by atoms with Crippen LogP contribution in [0.2, 0.25) is 0 Å². The van der Waals surface area contributed by atoms with Crippen LogP contribution in [0.25, 0.3) is 11.1 Å². The number of halogens is 1. The van der Waals surface area contributed by atoms with Crippen LogP contribution in [0, 0.1) is 11.2 Å². The fraction of sp³-hybridized carbons (Fsp3) is 0.645. The SMILES string of the molecule is CCCCCCCC1CC[C@](c2cc(-c3ccc(F)cc3)c(N(C)S(C)(=O)=O)nc2C(C)C)(C(C)(C)C)OO1. The van der Waals surface area contributed by atoms with Crippen molar-refractivity contribution in [1.29, 1.82) is 0 Å². The number of aromatic nitrogens is 1. The monoisotopic (exact) mass is 562 g/mol. The van der Waals surface area contributed by atoms with Gasteiger partial charge in [0.1, 0.15) is 17.2 Å². The molecule has 2 atom stereocenters. The molecule has 1 aliphatic heterocycles. The molecule has 2 heterocycles. The molecule has 1 aliphatic rings. The van der Waals surface area contributed by atoms with E-state index in [-0.39, 0.29) is 23.3 Å². The molecule has 0 aliphatic carbocycles. The zero-order valence-electron chi connectivity index (χ0n) is 25.0. The number of pyridine rings is 1. The highest BCUT2D eigenvalue weighted by Crippen LogP contribution is 2.52. The minimum absolute atomic E-state index is 0.00640. The highest BCUT2D eigenvalue weighted by molar-refractivity contribution is 7.92. The maximum absolute atomic E-state index is 13.8. The Balaban J connectivity index is 2.12. The molecule has 0 spiro atoms. The predicted molar refractivity (Wildman–Crippen MR) is 157 cm³/mol. The van der Waals surface area contributed by atoms with Gasteiger partial charge in [-0.15, -0.1) is 0 Å². The molecule has 0 amide bonds. The van der Waals surface area contributed by atoms with E-state index in [0.29, 0.717) is 16.9 Å². The Bertz CT molecular complexity index is 1200. The molecule has 6 nitrogen and oxygen atoms in total. The summed E-state index contributed by atoms with van der Waals surface area (Å²) in [7, 11) is -2.10. The molecular formula is C31H47FN2O4S. The molecule has 1 aromatic heterocycles. The van der Waals surface area contributed by atoms with Crippen LogP contribution >= 0.6 is 0 Å². The van der Waals surface area contributed by atoms with Crippen LogP contribution in [-0.2, 0) is 25.4 Å². The normalized spacial score (nSPS) is 20.4. The third-order valence-electron chi connectivity index (χ3n) is 7.95. The number of unbranched alkanes of at least 4 members (excludes halogenated alkanes) is 4. The molecule has 3 rings (SSSR count). The summed E-state index contributed by atoms with van der Waals surface area (Å²) in [5.41, 5.74) is 1.79. The third-order valence-corrected chi connectivity index (χ3v) is 9.12. The minimum atomic E-state index is -3.60. The van der Waals surface area contributed by atoms with E-state index in [1.165, 1.54) is 49.2 Å². The second kappa shape index (κ2) is 12.6. The lowest BCUT2D eigenvalue weighted by Gasteiger charge is -2.48. The van der Waals surface area contributed by atoms with Gasteiger partial charge in [0.25, 0.3) is 0 Å².